The fraction of sp³-hybridized carbons (Fsp3) is 0. The van der Waals surface area contributed by atoms with Gasteiger partial charge in [-0.1, -0.05) is 17.7 Å². The van der Waals surface area contributed by atoms with Crippen LogP contribution in [-0.2, 0) is 0 Å². The summed E-state index contributed by atoms with van der Waals surface area (Å²) in [6.07, 6.45) is 1.01. The minimum Gasteiger partial charge on any atom is -0.502 e. The van der Waals surface area contributed by atoms with Crippen molar-refractivity contribution in [1.82, 2.24) is 5.43 Å². The van der Waals surface area contributed by atoms with Crippen molar-refractivity contribution < 1.29 is 24.0 Å². The summed E-state index contributed by atoms with van der Waals surface area (Å²) >= 11 is 5.80. The SMILES string of the molecule is O=C(N/N=C\c1cc(Cl)cc([N+](=O)[O-])c1O)c1cccc(NC(=O)c2ccc(F)cc2)c1. The normalized spacial score (nSPS) is 10.7. The van der Waals surface area contributed by atoms with E-state index in [2.05, 4.69) is 15.8 Å². The maximum atomic E-state index is 13.0. The van der Waals surface area contributed by atoms with E-state index in [0.717, 1.165) is 24.4 Å². The fourth-order valence-electron chi connectivity index (χ4n) is 2.61. The molecule has 0 heterocycles. The van der Waals surface area contributed by atoms with Gasteiger partial charge in [0.2, 0.25) is 5.75 Å². The number of nitro benzene ring substituents is 1. The van der Waals surface area contributed by atoms with Crippen molar-refractivity contribution in [2.75, 3.05) is 5.32 Å². The van der Waals surface area contributed by atoms with Gasteiger partial charge in [0, 0.05) is 33.5 Å². The number of hydrazone groups is 1. The predicted molar refractivity (Wildman–Crippen MR) is 116 cm³/mol. The molecule has 0 aliphatic carbocycles. The molecule has 162 valence electrons. The van der Waals surface area contributed by atoms with E-state index in [4.69, 9.17) is 11.6 Å². The lowest BCUT2D eigenvalue weighted by Gasteiger charge is -2.07. The molecular formula is C21H14ClFN4O5. The first-order chi connectivity index (χ1) is 15.2. The van der Waals surface area contributed by atoms with Gasteiger partial charge in [-0.25, -0.2) is 9.82 Å². The average Bonchev–Trinajstić information content (AvgIpc) is 2.76. The third-order valence-electron chi connectivity index (χ3n) is 4.14. The number of nitrogens with zero attached hydrogens (tertiary/aromatic N) is 2. The summed E-state index contributed by atoms with van der Waals surface area (Å²) in [5.74, 6) is -2.25. The van der Waals surface area contributed by atoms with Crippen LogP contribution in [0.4, 0.5) is 15.8 Å². The molecule has 0 aliphatic rings. The summed E-state index contributed by atoms with van der Waals surface area (Å²) in [6.45, 7) is 0. The van der Waals surface area contributed by atoms with Gasteiger partial charge in [-0.3, -0.25) is 19.7 Å². The number of carbonyl (C=O) groups is 2. The largest absolute Gasteiger partial charge is 0.502 e. The van der Waals surface area contributed by atoms with Gasteiger partial charge in [-0.05, 0) is 48.5 Å². The molecule has 0 fully saturated rings. The Morgan fingerprint density at radius 3 is 2.47 bits per heavy atom. The Labute approximate surface area is 185 Å². The van der Waals surface area contributed by atoms with Gasteiger partial charge in [-0.2, -0.15) is 5.10 Å². The van der Waals surface area contributed by atoms with E-state index in [0.29, 0.717) is 5.69 Å². The molecule has 2 amide bonds. The monoisotopic (exact) mass is 456 g/mol. The summed E-state index contributed by atoms with van der Waals surface area (Å²) in [5.41, 5.74) is 2.26. The molecule has 32 heavy (non-hydrogen) atoms. The highest BCUT2D eigenvalue weighted by molar-refractivity contribution is 6.31. The van der Waals surface area contributed by atoms with Crippen molar-refractivity contribution in [3.05, 3.63) is 98.3 Å². The minimum atomic E-state index is -0.803. The number of rotatable bonds is 6. The Balaban J connectivity index is 1.69. The average molecular weight is 457 g/mol. The van der Waals surface area contributed by atoms with E-state index in [-0.39, 0.29) is 21.7 Å². The van der Waals surface area contributed by atoms with E-state index in [1.54, 1.807) is 6.07 Å². The molecule has 0 unspecified atom stereocenters. The Hall–Kier alpha value is -4.31. The number of benzene rings is 3. The van der Waals surface area contributed by atoms with Crippen LogP contribution < -0.4 is 10.7 Å². The van der Waals surface area contributed by atoms with Crippen LogP contribution in [0, 0.1) is 15.9 Å². The fourth-order valence-corrected chi connectivity index (χ4v) is 2.83. The number of anilines is 1. The number of nitrogens with one attached hydrogen (secondary N) is 2. The second-order valence-electron chi connectivity index (χ2n) is 6.36. The first kappa shape index (κ1) is 22.4. The number of hydrogen-bond acceptors (Lipinski definition) is 6. The van der Waals surface area contributed by atoms with Crippen molar-refractivity contribution in [3.8, 4) is 5.75 Å². The van der Waals surface area contributed by atoms with E-state index in [9.17, 15) is 29.2 Å². The maximum absolute atomic E-state index is 13.0. The lowest BCUT2D eigenvalue weighted by molar-refractivity contribution is -0.385. The Morgan fingerprint density at radius 1 is 1.06 bits per heavy atom. The van der Waals surface area contributed by atoms with Gasteiger partial charge >= 0.3 is 5.69 Å². The zero-order chi connectivity index (χ0) is 23.3. The molecule has 11 heteroatoms. The standard InChI is InChI=1S/C21H14ClFN4O5/c22-15-8-14(19(28)18(10-15)27(31)32)11-24-26-21(30)13-2-1-3-17(9-13)25-20(29)12-4-6-16(23)7-5-12/h1-11,28H,(H,25,29)(H,26,30)/b24-11-. The first-order valence-corrected chi connectivity index (χ1v) is 9.29. The molecular weight excluding hydrogens is 443 g/mol. The van der Waals surface area contributed by atoms with Crippen LogP contribution in [-0.4, -0.2) is 28.1 Å². The third-order valence-corrected chi connectivity index (χ3v) is 4.36. The molecule has 0 radical (unpaired) electrons. The quantitative estimate of drug-likeness (QED) is 0.291. The molecule has 3 rings (SSSR count). The van der Waals surface area contributed by atoms with Gasteiger partial charge in [0.15, 0.2) is 0 Å². The van der Waals surface area contributed by atoms with E-state index < -0.39 is 34.0 Å². The van der Waals surface area contributed by atoms with Gasteiger partial charge < -0.3 is 10.4 Å². The molecule has 0 atom stereocenters. The molecule has 0 saturated carbocycles. The summed E-state index contributed by atoms with van der Waals surface area (Å²) in [6, 6.07) is 13.1. The van der Waals surface area contributed by atoms with Crippen LogP contribution in [0.5, 0.6) is 5.75 Å². The van der Waals surface area contributed by atoms with E-state index in [1.165, 1.54) is 36.4 Å². The topological polar surface area (TPSA) is 134 Å². The molecule has 3 N–H and O–H groups in total. The maximum Gasteiger partial charge on any atom is 0.312 e. The number of aromatic hydroxyl groups is 1. The van der Waals surface area contributed by atoms with Crippen LogP contribution in [0.15, 0.2) is 65.8 Å². The number of amides is 2. The van der Waals surface area contributed by atoms with Crippen molar-refractivity contribution in [3.63, 3.8) is 0 Å². The van der Waals surface area contributed by atoms with E-state index in [1.807, 2.05) is 0 Å². The molecule has 0 saturated heterocycles. The molecule has 0 aromatic heterocycles. The highest BCUT2D eigenvalue weighted by atomic mass is 35.5. The van der Waals surface area contributed by atoms with Crippen LogP contribution in [0.3, 0.4) is 0 Å². The van der Waals surface area contributed by atoms with Gasteiger partial charge in [0.05, 0.1) is 11.1 Å². The summed E-state index contributed by atoms with van der Waals surface area (Å²) < 4.78 is 13.0. The zero-order valence-electron chi connectivity index (χ0n) is 16.1. The van der Waals surface area contributed by atoms with Crippen molar-refractivity contribution in [1.29, 1.82) is 0 Å². The Kier molecular flexibility index (Phi) is 6.76. The van der Waals surface area contributed by atoms with Crippen LogP contribution in [0.25, 0.3) is 0 Å². The Morgan fingerprint density at radius 2 is 1.78 bits per heavy atom. The second-order valence-corrected chi connectivity index (χ2v) is 6.80. The first-order valence-electron chi connectivity index (χ1n) is 8.92. The van der Waals surface area contributed by atoms with Crippen molar-refractivity contribution >= 4 is 41.0 Å². The third kappa shape index (κ3) is 5.43. The molecule has 3 aromatic carbocycles. The van der Waals surface area contributed by atoms with E-state index >= 15 is 0 Å². The lowest BCUT2D eigenvalue weighted by atomic mass is 10.1. The highest BCUT2D eigenvalue weighted by Crippen LogP contribution is 2.32. The van der Waals surface area contributed by atoms with Crippen LogP contribution in [0.2, 0.25) is 5.02 Å². The zero-order valence-corrected chi connectivity index (χ0v) is 16.8. The smallest absolute Gasteiger partial charge is 0.312 e. The molecule has 0 bridgehead atoms. The highest BCUT2D eigenvalue weighted by Gasteiger charge is 2.18. The predicted octanol–water partition coefficient (Wildman–Crippen LogP) is 4.11. The minimum absolute atomic E-state index is 0.00636. The van der Waals surface area contributed by atoms with Crippen LogP contribution in [0.1, 0.15) is 26.3 Å². The van der Waals surface area contributed by atoms with Gasteiger partial charge in [-0.15, -0.1) is 0 Å². The Bertz CT molecular complexity index is 1230. The number of halogens is 2. The van der Waals surface area contributed by atoms with Crippen molar-refractivity contribution in [2.24, 2.45) is 5.10 Å². The molecule has 3 aromatic rings. The summed E-state index contributed by atoms with van der Waals surface area (Å²) in [7, 11) is 0. The molecule has 9 nitrogen and oxygen atoms in total. The number of hydrogen-bond donors (Lipinski definition) is 3. The second kappa shape index (κ2) is 9.67. The van der Waals surface area contributed by atoms with Crippen molar-refractivity contribution in [2.45, 2.75) is 0 Å². The van der Waals surface area contributed by atoms with Crippen LogP contribution >= 0.6 is 11.6 Å². The van der Waals surface area contributed by atoms with Gasteiger partial charge in [0.25, 0.3) is 11.8 Å². The number of phenolic OH excluding ortho intramolecular Hbond substituents is 1. The van der Waals surface area contributed by atoms with Gasteiger partial charge in [0.1, 0.15) is 5.82 Å². The number of nitro groups is 1. The summed E-state index contributed by atoms with van der Waals surface area (Å²) in [4.78, 5) is 34.7. The number of phenols is 1. The molecule has 0 spiro atoms. The molecule has 0 aliphatic heterocycles. The number of carbonyl (C=O) groups excluding carboxylic acids is 2. The summed E-state index contributed by atoms with van der Waals surface area (Å²) in [5, 5.41) is 27.1. The lowest BCUT2D eigenvalue weighted by Crippen LogP contribution is -2.18.